The fourth-order valence-corrected chi connectivity index (χ4v) is 4.82. The molecular weight excluding hydrogens is 443 g/mol. The largest absolute Gasteiger partial charge is 0.494 e. The second-order valence-corrected chi connectivity index (χ2v) is 8.99. The Morgan fingerprint density at radius 2 is 1.68 bits per heavy atom. The van der Waals surface area contributed by atoms with Crippen LogP contribution < -0.4 is 9.64 Å². The van der Waals surface area contributed by atoms with Crippen molar-refractivity contribution in [2.45, 2.75) is 32.5 Å². The van der Waals surface area contributed by atoms with Crippen molar-refractivity contribution in [1.82, 2.24) is 9.80 Å². The minimum Gasteiger partial charge on any atom is -0.494 e. The van der Waals surface area contributed by atoms with Crippen LogP contribution in [-0.4, -0.2) is 61.6 Å². The van der Waals surface area contributed by atoms with Crippen molar-refractivity contribution < 1.29 is 22.7 Å². The maximum Gasteiger partial charge on any atom is 0.416 e. The first-order valence-corrected chi connectivity index (χ1v) is 12.0. The fourth-order valence-electron chi connectivity index (χ4n) is 4.82. The summed E-state index contributed by atoms with van der Waals surface area (Å²) < 4.78 is 44.7. The van der Waals surface area contributed by atoms with Gasteiger partial charge in [0.1, 0.15) is 5.75 Å². The Hall–Kier alpha value is -2.74. The zero-order valence-electron chi connectivity index (χ0n) is 19.6. The van der Waals surface area contributed by atoms with Crippen molar-refractivity contribution in [2.75, 3.05) is 50.8 Å². The van der Waals surface area contributed by atoms with Gasteiger partial charge in [-0.2, -0.15) is 13.2 Å². The van der Waals surface area contributed by atoms with E-state index < -0.39 is 11.7 Å². The zero-order valence-corrected chi connectivity index (χ0v) is 19.6. The number of rotatable bonds is 6. The molecule has 0 radical (unpaired) electrons. The van der Waals surface area contributed by atoms with Crippen molar-refractivity contribution in [3.63, 3.8) is 0 Å². The first-order chi connectivity index (χ1) is 16.3. The van der Waals surface area contributed by atoms with Crippen molar-refractivity contribution in [3.05, 3.63) is 59.7 Å². The number of nitrogens with zero attached hydrogens (tertiary/aromatic N) is 3. The average molecular weight is 476 g/mol. The monoisotopic (exact) mass is 475 g/mol. The number of ether oxygens (including phenoxy) is 1. The SMILES string of the molecule is CCOc1cccc(CN2CCC(C(=O)N3CCN(c4cccc(C(F)(F)F)c4)CC3)CC2)c1. The lowest BCUT2D eigenvalue weighted by molar-refractivity contribution is -0.138. The molecule has 0 atom stereocenters. The van der Waals surface area contributed by atoms with E-state index in [0.717, 1.165) is 44.3 Å². The van der Waals surface area contributed by atoms with Gasteiger partial charge in [-0.05, 0) is 68.8 Å². The molecule has 4 rings (SSSR count). The smallest absolute Gasteiger partial charge is 0.416 e. The number of carbonyl (C=O) groups is 1. The number of benzene rings is 2. The number of carbonyl (C=O) groups excluding carboxylic acids is 1. The van der Waals surface area contributed by atoms with Gasteiger partial charge < -0.3 is 14.5 Å². The normalized spacial score (nSPS) is 18.2. The van der Waals surface area contributed by atoms with Crippen LogP contribution in [-0.2, 0) is 17.5 Å². The van der Waals surface area contributed by atoms with E-state index in [9.17, 15) is 18.0 Å². The standard InChI is InChI=1S/C26H32F3N3O2/c1-2-34-24-8-3-5-20(17-24)19-30-11-9-21(10-12-30)25(33)32-15-13-31(14-16-32)23-7-4-6-22(18-23)26(27,28)29/h3-8,17-18,21H,2,9-16,19H2,1H3. The maximum absolute atomic E-state index is 13.1. The summed E-state index contributed by atoms with van der Waals surface area (Å²) in [4.78, 5) is 19.3. The molecule has 34 heavy (non-hydrogen) atoms. The van der Waals surface area contributed by atoms with Gasteiger partial charge in [-0.1, -0.05) is 18.2 Å². The van der Waals surface area contributed by atoms with Crippen LogP contribution >= 0.6 is 0 Å². The first-order valence-electron chi connectivity index (χ1n) is 12.0. The molecule has 5 nitrogen and oxygen atoms in total. The second kappa shape index (κ2) is 10.7. The number of likely N-dealkylation sites (tertiary alicyclic amines) is 1. The summed E-state index contributed by atoms with van der Waals surface area (Å²) in [6, 6.07) is 13.6. The Morgan fingerprint density at radius 3 is 2.35 bits per heavy atom. The molecule has 2 fully saturated rings. The van der Waals surface area contributed by atoms with Crippen LogP contribution in [0.1, 0.15) is 30.9 Å². The molecule has 0 N–H and O–H groups in total. The molecule has 2 aliphatic rings. The number of anilines is 1. The van der Waals surface area contributed by atoms with Crippen molar-refractivity contribution in [3.8, 4) is 5.75 Å². The third kappa shape index (κ3) is 6.03. The number of piperazine rings is 1. The quantitative estimate of drug-likeness (QED) is 0.609. The van der Waals surface area contributed by atoms with E-state index in [2.05, 4.69) is 17.0 Å². The predicted molar refractivity (Wildman–Crippen MR) is 126 cm³/mol. The third-order valence-electron chi connectivity index (χ3n) is 6.68. The lowest BCUT2D eigenvalue weighted by Crippen LogP contribution is -2.51. The molecule has 2 heterocycles. The summed E-state index contributed by atoms with van der Waals surface area (Å²) in [6.45, 7) is 7.38. The third-order valence-corrected chi connectivity index (χ3v) is 6.68. The number of amides is 1. The molecule has 0 spiro atoms. The summed E-state index contributed by atoms with van der Waals surface area (Å²) in [5.41, 5.74) is 1.13. The van der Waals surface area contributed by atoms with Gasteiger partial charge in [0.2, 0.25) is 5.91 Å². The molecular formula is C26H32F3N3O2. The van der Waals surface area contributed by atoms with Gasteiger partial charge in [0.05, 0.1) is 12.2 Å². The summed E-state index contributed by atoms with van der Waals surface area (Å²) in [7, 11) is 0. The lowest BCUT2D eigenvalue weighted by atomic mass is 9.94. The van der Waals surface area contributed by atoms with Gasteiger partial charge >= 0.3 is 6.18 Å². The van der Waals surface area contributed by atoms with Crippen LogP contribution in [0.5, 0.6) is 5.75 Å². The molecule has 0 saturated carbocycles. The molecule has 184 valence electrons. The number of alkyl halides is 3. The minimum atomic E-state index is -4.35. The van der Waals surface area contributed by atoms with Gasteiger partial charge in [0.15, 0.2) is 0 Å². The molecule has 2 aromatic carbocycles. The number of halogens is 3. The molecule has 0 unspecified atom stereocenters. The topological polar surface area (TPSA) is 36.0 Å². The van der Waals surface area contributed by atoms with E-state index in [0.29, 0.717) is 38.5 Å². The second-order valence-electron chi connectivity index (χ2n) is 8.99. The summed E-state index contributed by atoms with van der Waals surface area (Å²) in [5, 5.41) is 0. The molecule has 0 bridgehead atoms. The first kappa shape index (κ1) is 24.4. The Bertz CT molecular complexity index is 966. The van der Waals surface area contributed by atoms with Crippen LogP contribution in [0.3, 0.4) is 0 Å². The van der Waals surface area contributed by atoms with Crippen LogP contribution in [0.4, 0.5) is 18.9 Å². The van der Waals surface area contributed by atoms with E-state index in [1.807, 2.05) is 28.9 Å². The highest BCUT2D eigenvalue weighted by molar-refractivity contribution is 5.79. The molecule has 0 aromatic heterocycles. The highest BCUT2D eigenvalue weighted by Gasteiger charge is 2.33. The van der Waals surface area contributed by atoms with E-state index in [1.165, 1.54) is 17.7 Å². The van der Waals surface area contributed by atoms with Gasteiger partial charge in [-0.25, -0.2) is 0 Å². The molecule has 1 amide bonds. The predicted octanol–water partition coefficient (Wildman–Crippen LogP) is 4.66. The van der Waals surface area contributed by atoms with Crippen molar-refractivity contribution >= 4 is 11.6 Å². The molecule has 2 saturated heterocycles. The van der Waals surface area contributed by atoms with Crippen LogP contribution in [0.25, 0.3) is 0 Å². The summed E-state index contributed by atoms with van der Waals surface area (Å²) in [6.07, 6.45) is -2.69. The van der Waals surface area contributed by atoms with Gasteiger partial charge in [-0.15, -0.1) is 0 Å². The van der Waals surface area contributed by atoms with Crippen molar-refractivity contribution in [2.24, 2.45) is 5.92 Å². The molecule has 2 aromatic rings. The van der Waals surface area contributed by atoms with E-state index in [4.69, 9.17) is 4.74 Å². The summed E-state index contributed by atoms with van der Waals surface area (Å²) in [5.74, 6) is 1.09. The Kier molecular flexibility index (Phi) is 7.66. The van der Waals surface area contributed by atoms with Gasteiger partial charge in [-0.3, -0.25) is 9.69 Å². The molecule has 2 aliphatic heterocycles. The minimum absolute atomic E-state index is 0.0196. The Morgan fingerprint density at radius 1 is 0.971 bits per heavy atom. The zero-order chi connectivity index (χ0) is 24.1. The highest BCUT2D eigenvalue weighted by Crippen LogP contribution is 2.32. The number of hydrogen-bond donors (Lipinski definition) is 0. The maximum atomic E-state index is 13.1. The van der Waals surface area contributed by atoms with Crippen LogP contribution in [0, 0.1) is 5.92 Å². The Balaban J connectivity index is 1.25. The van der Waals surface area contributed by atoms with Crippen LogP contribution in [0.15, 0.2) is 48.5 Å². The Labute approximate surface area is 199 Å². The van der Waals surface area contributed by atoms with E-state index >= 15 is 0 Å². The molecule has 8 heteroatoms. The highest BCUT2D eigenvalue weighted by atomic mass is 19.4. The van der Waals surface area contributed by atoms with Gasteiger partial charge in [0, 0.05) is 44.3 Å². The van der Waals surface area contributed by atoms with Crippen molar-refractivity contribution in [1.29, 1.82) is 0 Å². The number of piperidine rings is 1. The lowest BCUT2D eigenvalue weighted by Gasteiger charge is -2.39. The number of hydrogen-bond acceptors (Lipinski definition) is 4. The van der Waals surface area contributed by atoms with E-state index in [1.54, 1.807) is 6.07 Å². The summed E-state index contributed by atoms with van der Waals surface area (Å²) >= 11 is 0. The average Bonchev–Trinajstić information content (AvgIpc) is 2.84. The fraction of sp³-hybridized carbons (Fsp3) is 0.500. The van der Waals surface area contributed by atoms with E-state index in [-0.39, 0.29) is 11.8 Å². The molecule has 0 aliphatic carbocycles. The van der Waals surface area contributed by atoms with Crippen LogP contribution in [0.2, 0.25) is 0 Å². The van der Waals surface area contributed by atoms with Gasteiger partial charge in [0.25, 0.3) is 0 Å².